The lowest BCUT2D eigenvalue weighted by Gasteiger charge is -2.34. The van der Waals surface area contributed by atoms with E-state index in [1.54, 1.807) is 4.90 Å². The van der Waals surface area contributed by atoms with Crippen molar-refractivity contribution in [1.29, 1.82) is 0 Å². The summed E-state index contributed by atoms with van der Waals surface area (Å²) in [6.07, 6.45) is -1.13. The van der Waals surface area contributed by atoms with E-state index in [2.05, 4.69) is 10.3 Å². The van der Waals surface area contributed by atoms with Gasteiger partial charge in [-0.15, -0.1) is 0 Å². The van der Waals surface area contributed by atoms with Gasteiger partial charge in [-0.05, 0) is 38.0 Å². The van der Waals surface area contributed by atoms with Gasteiger partial charge in [0.1, 0.15) is 11.5 Å². The van der Waals surface area contributed by atoms with Crippen LogP contribution in [-0.2, 0) is 15.8 Å². The van der Waals surface area contributed by atoms with E-state index in [0.29, 0.717) is 13.1 Å². The number of amides is 2. The number of likely N-dealkylation sites (tertiary alicyclic amines) is 1. The summed E-state index contributed by atoms with van der Waals surface area (Å²) in [6, 6.07) is 2.20. The van der Waals surface area contributed by atoms with Crippen LogP contribution in [0.4, 0.5) is 19.0 Å². The molecule has 0 saturated carbocycles. The molecule has 2 fully saturated rings. The molecule has 1 aromatic rings. The third-order valence-electron chi connectivity index (χ3n) is 5.18. The molecule has 2 bridgehead atoms. The molecule has 3 aliphatic rings. The second-order valence-electron chi connectivity index (χ2n) is 7.22. The Morgan fingerprint density at radius 1 is 1.22 bits per heavy atom. The van der Waals surface area contributed by atoms with Crippen molar-refractivity contribution in [2.24, 2.45) is 0 Å². The average molecular weight is 380 g/mol. The highest BCUT2D eigenvalue weighted by Gasteiger charge is 2.40. The molecule has 3 aliphatic heterocycles. The molecule has 2 saturated heterocycles. The monoisotopic (exact) mass is 380 g/mol. The third kappa shape index (κ3) is 3.31. The van der Waals surface area contributed by atoms with Gasteiger partial charge in [-0.1, -0.05) is 0 Å². The van der Waals surface area contributed by atoms with Gasteiger partial charge in [-0.25, -0.2) is 4.98 Å². The summed E-state index contributed by atoms with van der Waals surface area (Å²) in [5, 5.41) is 3.42. The molecule has 9 heteroatoms. The largest absolute Gasteiger partial charge is 0.416 e. The van der Waals surface area contributed by atoms with E-state index < -0.39 is 17.6 Å². The lowest BCUT2D eigenvalue weighted by molar-refractivity contribution is -0.137. The van der Waals surface area contributed by atoms with Gasteiger partial charge >= 0.3 is 6.18 Å². The minimum atomic E-state index is -4.56. The van der Waals surface area contributed by atoms with Crippen LogP contribution in [0.2, 0.25) is 0 Å². The number of fused-ring (bicyclic) bond motifs is 2. The van der Waals surface area contributed by atoms with Crippen LogP contribution in [0, 0.1) is 6.92 Å². The van der Waals surface area contributed by atoms with Gasteiger partial charge < -0.3 is 10.2 Å². The highest BCUT2D eigenvalue weighted by Crippen LogP contribution is 2.34. The molecular weight excluding hydrogens is 361 g/mol. The molecule has 144 valence electrons. The number of rotatable bonds is 2. The minimum Gasteiger partial charge on any atom is -0.334 e. The smallest absolute Gasteiger partial charge is 0.334 e. The number of nitrogens with zero attached hydrogens (tertiary/aromatic N) is 3. The van der Waals surface area contributed by atoms with Gasteiger partial charge in [-0.2, -0.15) is 13.2 Å². The van der Waals surface area contributed by atoms with Crippen LogP contribution in [0.5, 0.6) is 0 Å². The zero-order valence-electron chi connectivity index (χ0n) is 14.7. The lowest BCUT2D eigenvalue weighted by Crippen LogP contribution is -2.54. The first-order chi connectivity index (χ1) is 12.7. The number of pyridine rings is 1. The zero-order chi connectivity index (χ0) is 19.3. The number of nitrogens with one attached hydrogen (secondary N) is 1. The van der Waals surface area contributed by atoms with E-state index in [1.165, 1.54) is 13.0 Å². The summed E-state index contributed by atoms with van der Waals surface area (Å²) in [6.45, 7) is 2.49. The number of anilines is 1. The molecule has 4 heterocycles. The fourth-order valence-electron chi connectivity index (χ4n) is 3.99. The summed E-state index contributed by atoms with van der Waals surface area (Å²) in [5.41, 5.74) is -0.671. The quantitative estimate of drug-likeness (QED) is 0.852. The van der Waals surface area contributed by atoms with E-state index in [1.807, 2.05) is 0 Å². The molecule has 1 N–H and O–H groups in total. The first-order valence-corrected chi connectivity index (χ1v) is 8.86. The number of halogens is 3. The SMILES string of the molecule is Cc1cc(C(F)(F)F)cc(N2C(=O)CC=C2C(=O)N2CC3CC[C@@H](C2)N3)n1. The molecule has 1 aromatic heterocycles. The maximum absolute atomic E-state index is 13.1. The Kier molecular flexibility index (Phi) is 4.21. The lowest BCUT2D eigenvalue weighted by atomic mass is 10.2. The fourth-order valence-corrected chi connectivity index (χ4v) is 3.99. The number of hydrogen-bond donors (Lipinski definition) is 1. The molecular formula is C18H19F3N4O2. The van der Waals surface area contributed by atoms with Gasteiger partial charge in [0.05, 0.1) is 5.56 Å². The van der Waals surface area contributed by atoms with Gasteiger partial charge in [0.25, 0.3) is 5.91 Å². The predicted octanol–water partition coefficient (Wildman–Crippen LogP) is 1.99. The number of hydrogen-bond acceptors (Lipinski definition) is 4. The van der Waals surface area contributed by atoms with Gasteiger partial charge in [0.15, 0.2) is 0 Å². The van der Waals surface area contributed by atoms with Crippen molar-refractivity contribution in [3.8, 4) is 0 Å². The number of piperazine rings is 1. The number of alkyl halides is 3. The van der Waals surface area contributed by atoms with Crippen molar-refractivity contribution in [3.05, 3.63) is 35.2 Å². The van der Waals surface area contributed by atoms with Crippen molar-refractivity contribution in [2.75, 3.05) is 18.0 Å². The molecule has 2 atom stereocenters. The highest BCUT2D eigenvalue weighted by molar-refractivity contribution is 6.11. The molecule has 27 heavy (non-hydrogen) atoms. The molecule has 2 amide bonds. The topological polar surface area (TPSA) is 65.5 Å². The van der Waals surface area contributed by atoms with E-state index in [0.717, 1.165) is 29.9 Å². The first-order valence-electron chi connectivity index (χ1n) is 8.86. The van der Waals surface area contributed by atoms with Crippen molar-refractivity contribution in [2.45, 2.75) is 44.4 Å². The fraction of sp³-hybridized carbons (Fsp3) is 0.500. The first kappa shape index (κ1) is 18.0. The van der Waals surface area contributed by atoms with E-state index >= 15 is 0 Å². The van der Waals surface area contributed by atoms with Gasteiger partial charge in [-0.3, -0.25) is 14.5 Å². The summed E-state index contributed by atoms with van der Waals surface area (Å²) >= 11 is 0. The zero-order valence-corrected chi connectivity index (χ0v) is 14.7. The molecule has 6 nitrogen and oxygen atoms in total. The maximum atomic E-state index is 13.1. The molecule has 0 radical (unpaired) electrons. The van der Waals surface area contributed by atoms with Crippen LogP contribution in [0.25, 0.3) is 0 Å². The Hall–Kier alpha value is -2.42. The highest BCUT2D eigenvalue weighted by atomic mass is 19.4. The Balaban J connectivity index is 1.64. The van der Waals surface area contributed by atoms with Crippen LogP contribution in [-0.4, -0.2) is 46.9 Å². The van der Waals surface area contributed by atoms with Gasteiger partial charge in [0, 0.05) is 37.3 Å². The summed E-state index contributed by atoms with van der Waals surface area (Å²) in [5.74, 6) is -0.957. The second kappa shape index (κ2) is 6.33. The Labute approximate surface area is 154 Å². The van der Waals surface area contributed by atoms with Crippen molar-refractivity contribution in [1.82, 2.24) is 15.2 Å². The summed E-state index contributed by atoms with van der Waals surface area (Å²) in [7, 11) is 0. The van der Waals surface area contributed by atoms with Crippen LogP contribution in [0.1, 0.15) is 30.5 Å². The molecule has 0 aromatic carbocycles. The van der Waals surface area contributed by atoms with E-state index in [9.17, 15) is 22.8 Å². The Morgan fingerprint density at radius 3 is 2.52 bits per heavy atom. The molecule has 0 aliphatic carbocycles. The average Bonchev–Trinajstić information content (AvgIpc) is 3.14. The summed E-state index contributed by atoms with van der Waals surface area (Å²) in [4.78, 5) is 32.1. The third-order valence-corrected chi connectivity index (χ3v) is 5.18. The number of carbonyl (C=O) groups is 2. The van der Waals surface area contributed by atoms with Crippen molar-refractivity contribution < 1.29 is 22.8 Å². The number of aromatic nitrogens is 1. The van der Waals surface area contributed by atoms with E-state index in [-0.39, 0.29) is 41.6 Å². The minimum absolute atomic E-state index is 0.0308. The van der Waals surface area contributed by atoms with Crippen molar-refractivity contribution >= 4 is 17.6 Å². The molecule has 1 unspecified atom stereocenters. The molecule has 0 spiro atoms. The normalized spacial score (nSPS) is 25.2. The van der Waals surface area contributed by atoms with Crippen LogP contribution >= 0.6 is 0 Å². The van der Waals surface area contributed by atoms with Crippen molar-refractivity contribution in [3.63, 3.8) is 0 Å². The standard InChI is InChI=1S/C18H19F3N4O2/c1-10-6-11(18(19,20)21)7-15(22-10)25-14(4-5-16(25)26)17(27)24-8-12-2-3-13(9-24)23-12/h4,6-7,12-13,23H,2-3,5,8-9H2,1H3/t12-,13?/m0/s1. The Morgan fingerprint density at radius 2 is 1.89 bits per heavy atom. The Bertz CT molecular complexity index is 824. The van der Waals surface area contributed by atoms with Crippen LogP contribution in [0.15, 0.2) is 23.9 Å². The van der Waals surface area contributed by atoms with Crippen LogP contribution < -0.4 is 10.2 Å². The van der Waals surface area contributed by atoms with E-state index in [4.69, 9.17) is 0 Å². The number of carbonyl (C=O) groups excluding carboxylic acids is 2. The number of aryl methyl sites for hydroxylation is 1. The molecule has 4 rings (SSSR count). The summed E-state index contributed by atoms with van der Waals surface area (Å²) < 4.78 is 39.4. The second-order valence-corrected chi connectivity index (χ2v) is 7.22. The van der Waals surface area contributed by atoms with Crippen LogP contribution in [0.3, 0.4) is 0 Å². The maximum Gasteiger partial charge on any atom is 0.416 e. The predicted molar refractivity (Wildman–Crippen MR) is 90.7 cm³/mol. The van der Waals surface area contributed by atoms with Gasteiger partial charge in [0.2, 0.25) is 5.91 Å².